The van der Waals surface area contributed by atoms with Crippen LogP contribution in [0.25, 0.3) is 11.5 Å². The van der Waals surface area contributed by atoms with Gasteiger partial charge in [-0.25, -0.2) is 4.98 Å². The normalized spacial score (nSPS) is 14.1. The van der Waals surface area contributed by atoms with Crippen molar-refractivity contribution in [1.29, 1.82) is 0 Å². The maximum atomic E-state index is 13.1. The SMILES string of the molecule is COc1ccc(N2CCN(C(=O)Cc3oc(-c4ccccc4)nc3CC(C)C)CC2)cc1. The quantitative estimate of drug-likeness (QED) is 0.551. The van der Waals surface area contributed by atoms with Crippen LogP contribution in [-0.2, 0) is 17.6 Å². The smallest absolute Gasteiger partial charge is 0.230 e. The lowest BCUT2D eigenvalue weighted by Gasteiger charge is -2.36. The molecule has 4 rings (SSSR count). The van der Waals surface area contributed by atoms with E-state index in [0.717, 1.165) is 42.2 Å². The number of rotatable bonds is 7. The fourth-order valence-corrected chi connectivity index (χ4v) is 4.03. The second-order valence-electron chi connectivity index (χ2n) is 8.60. The lowest BCUT2D eigenvalue weighted by atomic mass is 10.1. The Balaban J connectivity index is 1.41. The third kappa shape index (κ3) is 5.13. The van der Waals surface area contributed by atoms with Crippen LogP contribution in [0.5, 0.6) is 5.75 Å². The topological polar surface area (TPSA) is 58.8 Å². The average Bonchev–Trinajstić information content (AvgIpc) is 3.21. The maximum Gasteiger partial charge on any atom is 0.230 e. The van der Waals surface area contributed by atoms with Gasteiger partial charge < -0.3 is 19.0 Å². The molecule has 1 aliphatic rings. The molecule has 0 unspecified atom stereocenters. The monoisotopic (exact) mass is 433 g/mol. The van der Waals surface area contributed by atoms with Crippen LogP contribution in [0.2, 0.25) is 0 Å². The molecule has 1 amide bonds. The Bertz CT molecular complexity index is 1020. The van der Waals surface area contributed by atoms with Crippen LogP contribution in [0.1, 0.15) is 25.3 Å². The van der Waals surface area contributed by atoms with E-state index < -0.39 is 0 Å². The Labute approximate surface area is 189 Å². The van der Waals surface area contributed by atoms with Gasteiger partial charge in [0.05, 0.1) is 19.2 Å². The zero-order chi connectivity index (χ0) is 22.5. The van der Waals surface area contributed by atoms with Gasteiger partial charge in [0.15, 0.2) is 0 Å². The number of aromatic nitrogens is 1. The Morgan fingerprint density at radius 3 is 2.34 bits per heavy atom. The molecule has 0 bridgehead atoms. The second-order valence-corrected chi connectivity index (χ2v) is 8.60. The summed E-state index contributed by atoms with van der Waals surface area (Å²) in [6, 6.07) is 17.9. The molecule has 32 heavy (non-hydrogen) atoms. The number of oxazole rings is 1. The molecule has 2 heterocycles. The van der Waals surface area contributed by atoms with Crippen molar-refractivity contribution in [3.05, 3.63) is 66.1 Å². The van der Waals surface area contributed by atoms with Crippen LogP contribution >= 0.6 is 0 Å². The van der Waals surface area contributed by atoms with E-state index in [9.17, 15) is 4.79 Å². The first kappa shape index (κ1) is 21.9. The summed E-state index contributed by atoms with van der Waals surface area (Å²) >= 11 is 0. The summed E-state index contributed by atoms with van der Waals surface area (Å²) in [5, 5.41) is 0. The minimum Gasteiger partial charge on any atom is -0.497 e. The highest BCUT2D eigenvalue weighted by molar-refractivity contribution is 5.79. The number of hydrogen-bond acceptors (Lipinski definition) is 5. The number of ether oxygens (including phenoxy) is 1. The van der Waals surface area contributed by atoms with Crippen LogP contribution in [0.3, 0.4) is 0 Å². The molecule has 0 saturated carbocycles. The highest BCUT2D eigenvalue weighted by Gasteiger charge is 2.25. The second kappa shape index (κ2) is 9.90. The zero-order valence-corrected chi connectivity index (χ0v) is 19.1. The lowest BCUT2D eigenvalue weighted by Crippen LogP contribution is -2.49. The van der Waals surface area contributed by atoms with Crippen molar-refractivity contribution in [2.45, 2.75) is 26.7 Å². The van der Waals surface area contributed by atoms with E-state index in [1.807, 2.05) is 47.4 Å². The molecule has 1 saturated heterocycles. The number of benzene rings is 2. The van der Waals surface area contributed by atoms with Gasteiger partial charge in [-0.3, -0.25) is 4.79 Å². The molecule has 0 aliphatic carbocycles. The van der Waals surface area contributed by atoms with Gasteiger partial charge in [-0.2, -0.15) is 0 Å². The van der Waals surface area contributed by atoms with E-state index in [4.69, 9.17) is 14.1 Å². The molecular formula is C26H31N3O3. The minimum absolute atomic E-state index is 0.0974. The molecule has 168 valence electrons. The summed E-state index contributed by atoms with van der Waals surface area (Å²) in [6.45, 7) is 7.32. The maximum absolute atomic E-state index is 13.1. The number of hydrogen-bond donors (Lipinski definition) is 0. The van der Waals surface area contributed by atoms with Crippen molar-refractivity contribution >= 4 is 11.6 Å². The molecule has 0 atom stereocenters. The predicted octanol–water partition coefficient (Wildman–Crippen LogP) is 4.44. The van der Waals surface area contributed by atoms with E-state index in [1.165, 1.54) is 0 Å². The largest absolute Gasteiger partial charge is 0.497 e. The van der Waals surface area contributed by atoms with Gasteiger partial charge in [0.1, 0.15) is 11.5 Å². The Morgan fingerprint density at radius 1 is 1.03 bits per heavy atom. The van der Waals surface area contributed by atoms with E-state index in [-0.39, 0.29) is 12.3 Å². The third-order valence-electron chi connectivity index (χ3n) is 5.78. The number of nitrogens with zero attached hydrogens (tertiary/aromatic N) is 3. The third-order valence-corrected chi connectivity index (χ3v) is 5.78. The van der Waals surface area contributed by atoms with Gasteiger partial charge in [-0.1, -0.05) is 32.0 Å². The number of carbonyl (C=O) groups excluding carboxylic acids is 1. The zero-order valence-electron chi connectivity index (χ0n) is 19.1. The number of methoxy groups -OCH3 is 1. The molecule has 3 aromatic rings. The van der Waals surface area contributed by atoms with Gasteiger partial charge in [-0.05, 0) is 48.7 Å². The summed E-state index contributed by atoms with van der Waals surface area (Å²) in [4.78, 5) is 22.0. The highest BCUT2D eigenvalue weighted by atomic mass is 16.5. The van der Waals surface area contributed by atoms with E-state index in [1.54, 1.807) is 7.11 Å². The fourth-order valence-electron chi connectivity index (χ4n) is 4.03. The molecule has 6 heteroatoms. The Hall–Kier alpha value is -3.28. The van der Waals surface area contributed by atoms with E-state index in [2.05, 4.69) is 30.9 Å². The minimum atomic E-state index is 0.0974. The predicted molar refractivity (Wildman–Crippen MR) is 126 cm³/mol. The Morgan fingerprint density at radius 2 is 1.72 bits per heavy atom. The van der Waals surface area contributed by atoms with Crippen LogP contribution in [0, 0.1) is 5.92 Å². The lowest BCUT2D eigenvalue weighted by molar-refractivity contribution is -0.131. The van der Waals surface area contributed by atoms with Gasteiger partial charge in [0.25, 0.3) is 0 Å². The molecule has 0 spiro atoms. The molecule has 2 aromatic carbocycles. The molecule has 0 N–H and O–H groups in total. The summed E-state index contributed by atoms with van der Waals surface area (Å²) in [7, 11) is 1.67. The number of anilines is 1. The standard InChI is InChI=1S/C26H31N3O3/c1-19(2)17-23-24(32-26(27-23)20-7-5-4-6-8-20)18-25(30)29-15-13-28(14-16-29)21-9-11-22(31-3)12-10-21/h4-12,19H,13-18H2,1-3H3. The summed E-state index contributed by atoms with van der Waals surface area (Å²) in [5.41, 5.74) is 2.98. The molecule has 1 fully saturated rings. The molecule has 1 aromatic heterocycles. The van der Waals surface area contributed by atoms with E-state index >= 15 is 0 Å². The van der Waals surface area contributed by atoms with Crippen molar-refractivity contribution in [2.24, 2.45) is 5.92 Å². The first-order valence-electron chi connectivity index (χ1n) is 11.2. The molecule has 0 radical (unpaired) electrons. The van der Waals surface area contributed by atoms with Crippen molar-refractivity contribution in [3.8, 4) is 17.2 Å². The van der Waals surface area contributed by atoms with Gasteiger partial charge in [-0.15, -0.1) is 0 Å². The number of amides is 1. The van der Waals surface area contributed by atoms with Crippen LogP contribution in [-0.4, -0.2) is 49.1 Å². The first-order valence-corrected chi connectivity index (χ1v) is 11.2. The van der Waals surface area contributed by atoms with Crippen molar-refractivity contribution in [2.75, 3.05) is 38.2 Å². The molecular weight excluding hydrogens is 402 g/mol. The van der Waals surface area contributed by atoms with Crippen LogP contribution in [0.15, 0.2) is 59.0 Å². The van der Waals surface area contributed by atoms with Gasteiger partial charge >= 0.3 is 0 Å². The average molecular weight is 434 g/mol. The number of piperazine rings is 1. The molecule has 1 aliphatic heterocycles. The first-order chi connectivity index (χ1) is 15.5. The van der Waals surface area contributed by atoms with Crippen LogP contribution in [0.4, 0.5) is 5.69 Å². The number of carbonyl (C=O) groups is 1. The van der Waals surface area contributed by atoms with Crippen molar-refractivity contribution < 1.29 is 13.9 Å². The fraction of sp³-hybridized carbons (Fsp3) is 0.385. The summed E-state index contributed by atoms with van der Waals surface area (Å²) in [6.07, 6.45) is 1.05. The van der Waals surface area contributed by atoms with E-state index in [0.29, 0.717) is 30.7 Å². The van der Waals surface area contributed by atoms with Gasteiger partial charge in [0.2, 0.25) is 11.8 Å². The van der Waals surface area contributed by atoms with Crippen molar-refractivity contribution in [1.82, 2.24) is 9.88 Å². The molecule has 6 nitrogen and oxygen atoms in total. The summed E-state index contributed by atoms with van der Waals surface area (Å²) < 4.78 is 11.3. The van der Waals surface area contributed by atoms with Crippen LogP contribution < -0.4 is 9.64 Å². The summed E-state index contributed by atoms with van der Waals surface area (Å²) in [5.74, 6) is 2.67. The Kier molecular flexibility index (Phi) is 6.78. The van der Waals surface area contributed by atoms with Crippen molar-refractivity contribution in [3.63, 3.8) is 0 Å². The highest BCUT2D eigenvalue weighted by Crippen LogP contribution is 2.25. The van der Waals surface area contributed by atoms with Gasteiger partial charge in [0, 0.05) is 37.4 Å².